The number of aryl methyl sites for hydroxylation is 2. The first-order chi connectivity index (χ1) is 7.58. The summed E-state index contributed by atoms with van der Waals surface area (Å²) < 4.78 is 0. The molecule has 0 heterocycles. The van der Waals surface area contributed by atoms with Gasteiger partial charge in [-0.1, -0.05) is 31.7 Å². The molecule has 86 valence electrons. The van der Waals surface area contributed by atoms with Crippen LogP contribution < -0.4 is 5.32 Å². The minimum atomic E-state index is 0.970. The lowest BCUT2D eigenvalue weighted by atomic mass is 10.0. The molecule has 0 saturated heterocycles. The first-order valence-electron chi connectivity index (χ1n) is 5.77. The van der Waals surface area contributed by atoms with Gasteiger partial charge in [-0.05, 0) is 49.9 Å². The molecule has 0 spiro atoms. The van der Waals surface area contributed by atoms with Gasteiger partial charge in [0.15, 0.2) is 0 Å². The minimum Gasteiger partial charge on any atom is -0.359 e. The Morgan fingerprint density at radius 1 is 1.31 bits per heavy atom. The van der Waals surface area contributed by atoms with E-state index in [1.807, 2.05) is 6.92 Å². The number of nitrogens with one attached hydrogen (secondary N) is 1. The van der Waals surface area contributed by atoms with Gasteiger partial charge >= 0.3 is 0 Å². The quantitative estimate of drug-likeness (QED) is 0.794. The van der Waals surface area contributed by atoms with Crippen LogP contribution in [0.3, 0.4) is 0 Å². The predicted octanol–water partition coefficient (Wildman–Crippen LogP) is 4.18. The Bertz CT molecular complexity index is 413. The third-order valence-electron chi connectivity index (χ3n) is 2.90. The zero-order valence-corrected chi connectivity index (χ0v) is 10.7. The molecular weight excluding hydrogens is 194 g/mol. The van der Waals surface area contributed by atoms with E-state index in [2.05, 4.69) is 56.9 Å². The lowest BCUT2D eigenvalue weighted by molar-refractivity contribution is 0.954. The van der Waals surface area contributed by atoms with Crippen LogP contribution in [-0.2, 0) is 0 Å². The zero-order valence-electron chi connectivity index (χ0n) is 10.7. The summed E-state index contributed by atoms with van der Waals surface area (Å²) in [7, 11) is 0. The number of hydrogen-bond donors (Lipinski definition) is 1. The molecule has 0 aliphatic heterocycles. The van der Waals surface area contributed by atoms with Crippen molar-refractivity contribution in [1.29, 1.82) is 0 Å². The Balaban J connectivity index is 2.85. The van der Waals surface area contributed by atoms with Gasteiger partial charge in [0, 0.05) is 11.4 Å². The van der Waals surface area contributed by atoms with Gasteiger partial charge in [0.2, 0.25) is 0 Å². The van der Waals surface area contributed by atoms with E-state index in [9.17, 15) is 0 Å². The van der Waals surface area contributed by atoms with Crippen LogP contribution in [0, 0.1) is 13.8 Å². The van der Waals surface area contributed by atoms with Crippen molar-refractivity contribution >= 4 is 5.70 Å². The summed E-state index contributed by atoms with van der Waals surface area (Å²) >= 11 is 0. The summed E-state index contributed by atoms with van der Waals surface area (Å²) in [5, 5.41) is 3.35. The molecule has 1 N–H and O–H groups in total. The summed E-state index contributed by atoms with van der Waals surface area (Å²) in [4.78, 5) is 0. The molecule has 0 saturated carbocycles. The van der Waals surface area contributed by atoms with Gasteiger partial charge in [-0.25, -0.2) is 0 Å². The van der Waals surface area contributed by atoms with E-state index in [1.165, 1.54) is 16.8 Å². The molecule has 0 bridgehead atoms. The average molecular weight is 215 g/mol. The largest absolute Gasteiger partial charge is 0.359 e. The first kappa shape index (κ1) is 12.6. The van der Waals surface area contributed by atoms with Gasteiger partial charge < -0.3 is 5.32 Å². The Kier molecular flexibility index (Phi) is 4.36. The number of hydrogen-bond acceptors (Lipinski definition) is 1. The van der Waals surface area contributed by atoms with Gasteiger partial charge in [-0.2, -0.15) is 0 Å². The molecule has 1 heteroatoms. The molecule has 1 aromatic carbocycles. The van der Waals surface area contributed by atoms with Crippen LogP contribution in [-0.4, -0.2) is 0 Å². The molecule has 0 fully saturated rings. The van der Waals surface area contributed by atoms with Gasteiger partial charge in [0.05, 0.1) is 0 Å². The summed E-state index contributed by atoms with van der Waals surface area (Å²) in [5.74, 6) is 0. The van der Waals surface area contributed by atoms with Crippen LogP contribution in [0.4, 0.5) is 0 Å². The lowest BCUT2D eigenvalue weighted by Crippen LogP contribution is -2.10. The second-order valence-corrected chi connectivity index (χ2v) is 4.07. The van der Waals surface area contributed by atoms with Crippen LogP contribution in [0.5, 0.6) is 0 Å². The maximum Gasteiger partial charge on any atom is 0.0382 e. The average Bonchev–Trinajstić information content (AvgIpc) is 2.29. The molecule has 0 radical (unpaired) electrons. The molecule has 1 nitrogen and oxygen atoms in total. The van der Waals surface area contributed by atoms with Crippen molar-refractivity contribution in [2.45, 2.75) is 34.1 Å². The lowest BCUT2D eigenvalue weighted by Gasteiger charge is -2.13. The first-order valence-corrected chi connectivity index (χ1v) is 5.77. The maximum atomic E-state index is 4.08. The molecule has 0 aliphatic carbocycles. The molecule has 16 heavy (non-hydrogen) atoms. The fourth-order valence-electron chi connectivity index (χ4n) is 1.56. The van der Waals surface area contributed by atoms with E-state index in [-0.39, 0.29) is 0 Å². The van der Waals surface area contributed by atoms with E-state index in [0.717, 1.165) is 17.7 Å². The van der Waals surface area contributed by atoms with Crippen LogP contribution in [0.25, 0.3) is 5.70 Å². The second-order valence-electron chi connectivity index (χ2n) is 4.07. The molecule has 1 rings (SSSR count). The molecule has 1 aromatic rings. The van der Waals surface area contributed by atoms with E-state index in [1.54, 1.807) is 0 Å². The van der Waals surface area contributed by atoms with Crippen LogP contribution in [0.2, 0.25) is 0 Å². The fraction of sp³-hybridized carbons (Fsp3) is 0.333. The summed E-state index contributed by atoms with van der Waals surface area (Å²) in [6, 6.07) is 6.42. The Morgan fingerprint density at radius 2 is 2.00 bits per heavy atom. The highest BCUT2D eigenvalue weighted by molar-refractivity contribution is 5.64. The highest BCUT2D eigenvalue weighted by Crippen LogP contribution is 2.16. The molecule has 0 aliphatic rings. The van der Waals surface area contributed by atoms with Crippen molar-refractivity contribution in [1.82, 2.24) is 5.32 Å². The normalized spacial score (nSPS) is 11.4. The SMILES string of the molecule is C=C(N/C(=C\C)CC)c1ccc(C)c(C)c1. The molecule has 0 amide bonds. The van der Waals surface area contributed by atoms with Gasteiger partial charge in [-0.3, -0.25) is 0 Å². The summed E-state index contributed by atoms with van der Waals surface area (Å²) in [6.07, 6.45) is 3.09. The van der Waals surface area contributed by atoms with Crippen LogP contribution in [0.1, 0.15) is 37.0 Å². The highest BCUT2D eigenvalue weighted by atomic mass is 14.9. The Hall–Kier alpha value is -1.50. The van der Waals surface area contributed by atoms with Gasteiger partial charge in [0.25, 0.3) is 0 Å². The number of allylic oxidation sites excluding steroid dienone is 2. The van der Waals surface area contributed by atoms with E-state index < -0.39 is 0 Å². The van der Waals surface area contributed by atoms with Crippen molar-refractivity contribution < 1.29 is 0 Å². The van der Waals surface area contributed by atoms with Crippen molar-refractivity contribution in [2.24, 2.45) is 0 Å². The third-order valence-corrected chi connectivity index (χ3v) is 2.90. The fourth-order valence-corrected chi connectivity index (χ4v) is 1.56. The highest BCUT2D eigenvalue weighted by Gasteiger charge is 2.01. The Labute approximate surface area is 98.9 Å². The van der Waals surface area contributed by atoms with E-state index in [4.69, 9.17) is 0 Å². The van der Waals surface area contributed by atoms with E-state index in [0.29, 0.717) is 0 Å². The minimum absolute atomic E-state index is 0.970. The molecular formula is C15H21N. The van der Waals surface area contributed by atoms with Gasteiger partial charge in [0.1, 0.15) is 0 Å². The molecule has 0 unspecified atom stereocenters. The van der Waals surface area contributed by atoms with Crippen molar-refractivity contribution in [2.75, 3.05) is 0 Å². The predicted molar refractivity (Wildman–Crippen MR) is 72.1 cm³/mol. The molecule has 0 aromatic heterocycles. The Morgan fingerprint density at radius 3 is 2.50 bits per heavy atom. The summed E-state index contributed by atoms with van der Waals surface area (Å²) in [5.41, 5.74) is 5.97. The zero-order chi connectivity index (χ0) is 12.1. The second kappa shape index (κ2) is 5.55. The van der Waals surface area contributed by atoms with Crippen LogP contribution in [0.15, 0.2) is 36.6 Å². The summed E-state index contributed by atoms with van der Waals surface area (Å²) in [6.45, 7) is 12.5. The van der Waals surface area contributed by atoms with Crippen molar-refractivity contribution in [3.63, 3.8) is 0 Å². The smallest absolute Gasteiger partial charge is 0.0382 e. The van der Waals surface area contributed by atoms with Gasteiger partial charge in [-0.15, -0.1) is 0 Å². The van der Waals surface area contributed by atoms with Crippen molar-refractivity contribution in [3.8, 4) is 0 Å². The van der Waals surface area contributed by atoms with Crippen LogP contribution >= 0.6 is 0 Å². The topological polar surface area (TPSA) is 12.0 Å². The monoisotopic (exact) mass is 215 g/mol. The standard InChI is InChI=1S/C15H21N/c1-6-15(7-2)16-13(5)14-9-8-11(3)12(4)10-14/h6,8-10,16H,5,7H2,1-4H3/b15-6-. The van der Waals surface area contributed by atoms with Crippen molar-refractivity contribution in [3.05, 3.63) is 53.2 Å². The maximum absolute atomic E-state index is 4.08. The molecule has 0 atom stereocenters. The third kappa shape index (κ3) is 2.99. The van der Waals surface area contributed by atoms with E-state index >= 15 is 0 Å². The number of rotatable bonds is 4. The number of benzene rings is 1.